The average molecular weight is 408 g/mol. The molecule has 134 valence electrons. The number of thioether (sulfide) groups is 1. The molecule has 0 saturated heterocycles. The van der Waals surface area contributed by atoms with Crippen molar-refractivity contribution in [3.8, 4) is 11.4 Å². The molecule has 0 spiro atoms. The Morgan fingerprint density at radius 1 is 1.19 bits per heavy atom. The van der Waals surface area contributed by atoms with E-state index in [1.807, 2.05) is 23.7 Å². The Labute approximate surface area is 164 Å². The molecule has 0 saturated carbocycles. The lowest BCUT2D eigenvalue weighted by atomic mass is 10.2. The molecule has 0 unspecified atom stereocenters. The molecule has 3 rings (SSSR count). The average Bonchev–Trinajstić information content (AvgIpc) is 2.97. The highest BCUT2D eigenvalue weighted by molar-refractivity contribution is 7.99. The van der Waals surface area contributed by atoms with Crippen LogP contribution >= 0.6 is 35.0 Å². The van der Waals surface area contributed by atoms with Gasteiger partial charge in [-0.05, 0) is 42.5 Å². The fourth-order valence-electron chi connectivity index (χ4n) is 2.23. The van der Waals surface area contributed by atoms with E-state index >= 15 is 0 Å². The number of halogens is 2. The van der Waals surface area contributed by atoms with E-state index in [9.17, 15) is 4.79 Å². The molecular formula is C17H15Cl2N5OS. The van der Waals surface area contributed by atoms with E-state index in [2.05, 4.69) is 15.5 Å². The number of nitrogens with one attached hydrogen (secondary N) is 1. The van der Waals surface area contributed by atoms with Crippen LogP contribution in [-0.2, 0) is 11.8 Å². The van der Waals surface area contributed by atoms with Gasteiger partial charge in [-0.1, -0.05) is 35.0 Å². The Hall–Kier alpha value is -2.22. The number of nitrogens with zero attached hydrogens (tertiary/aromatic N) is 3. The number of rotatable bonds is 5. The molecule has 0 aliphatic heterocycles. The fourth-order valence-corrected chi connectivity index (χ4v) is 3.40. The van der Waals surface area contributed by atoms with E-state index in [1.165, 1.54) is 11.8 Å². The summed E-state index contributed by atoms with van der Waals surface area (Å²) in [7, 11) is 1.85. The summed E-state index contributed by atoms with van der Waals surface area (Å²) in [5, 5.41) is 12.6. The van der Waals surface area contributed by atoms with Crippen molar-refractivity contribution < 1.29 is 4.79 Å². The standard InChI is InChI=1S/C17H15Cl2N5OS/c1-24-16(10-2-5-12(20)6-3-10)22-23-17(24)26-9-15(25)21-14-7-4-11(18)8-13(14)19/h2-8H,9,20H2,1H3,(H,21,25). The lowest BCUT2D eigenvalue weighted by Gasteiger charge is -2.07. The Morgan fingerprint density at radius 3 is 2.62 bits per heavy atom. The molecule has 0 atom stereocenters. The topological polar surface area (TPSA) is 85.8 Å². The molecule has 1 amide bonds. The van der Waals surface area contributed by atoms with Gasteiger partial charge < -0.3 is 15.6 Å². The monoisotopic (exact) mass is 407 g/mol. The van der Waals surface area contributed by atoms with Crippen LogP contribution in [0.15, 0.2) is 47.6 Å². The predicted molar refractivity (Wildman–Crippen MR) is 107 cm³/mol. The van der Waals surface area contributed by atoms with Crippen LogP contribution in [0.1, 0.15) is 0 Å². The Bertz CT molecular complexity index is 943. The van der Waals surface area contributed by atoms with E-state index in [-0.39, 0.29) is 11.7 Å². The second-order valence-corrected chi connectivity index (χ2v) is 7.23. The van der Waals surface area contributed by atoms with Crippen molar-refractivity contribution >= 4 is 52.2 Å². The molecule has 1 heterocycles. The van der Waals surface area contributed by atoms with Crippen molar-refractivity contribution in [1.29, 1.82) is 0 Å². The van der Waals surface area contributed by atoms with Crippen LogP contribution in [-0.4, -0.2) is 26.4 Å². The number of aromatic nitrogens is 3. The number of hydrogen-bond acceptors (Lipinski definition) is 5. The summed E-state index contributed by atoms with van der Waals surface area (Å²) in [6, 6.07) is 12.3. The lowest BCUT2D eigenvalue weighted by molar-refractivity contribution is -0.113. The first kappa shape index (κ1) is 18.6. The van der Waals surface area contributed by atoms with E-state index in [0.717, 1.165) is 5.56 Å². The smallest absolute Gasteiger partial charge is 0.234 e. The van der Waals surface area contributed by atoms with Gasteiger partial charge in [-0.25, -0.2) is 0 Å². The molecule has 3 N–H and O–H groups in total. The van der Waals surface area contributed by atoms with Crippen LogP contribution in [0, 0.1) is 0 Å². The maximum atomic E-state index is 12.2. The van der Waals surface area contributed by atoms with Gasteiger partial charge in [-0.15, -0.1) is 10.2 Å². The van der Waals surface area contributed by atoms with Crippen molar-refractivity contribution in [2.45, 2.75) is 5.16 Å². The normalized spacial score (nSPS) is 10.7. The number of nitrogens with two attached hydrogens (primary N) is 1. The van der Waals surface area contributed by atoms with E-state index in [4.69, 9.17) is 28.9 Å². The first-order valence-electron chi connectivity index (χ1n) is 7.57. The zero-order chi connectivity index (χ0) is 18.7. The summed E-state index contributed by atoms with van der Waals surface area (Å²) in [5.41, 5.74) is 7.80. The minimum absolute atomic E-state index is 0.173. The molecular weight excluding hydrogens is 393 g/mol. The highest BCUT2D eigenvalue weighted by Crippen LogP contribution is 2.26. The zero-order valence-corrected chi connectivity index (χ0v) is 16.1. The Kier molecular flexibility index (Phi) is 5.70. The maximum Gasteiger partial charge on any atom is 0.234 e. The van der Waals surface area contributed by atoms with Gasteiger partial charge >= 0.3 is 0 Å². The summed E-state index contributed by atoms with van der Waals surface area (Å²) in [6.07, 6.45) is 0. The summed E-state index contributed by atoms with van der Waals surface area (Å²) in [5.74, 6) is 0.678. The Balaban J connectivity index is 1.64. The Morgan fingerprint density at radius 2 is 1.92 bits per heavy atom. The first-order valence-corrected chi connectivity index (χ1v) is 9.31. The number of hydrogen-bond donors (Lipinski definition) is 2. The SMILES string of the molecule is Cn1c(SCC(=O)Nc2ccc(Cl)cc2Cl)nnc1-c1ccc(N)cc1. The van der Waals surface area contributed by atoms with Crippen molar-refractivity contribution in [2.24, 2.45) is 7.05 Å². The minimum atomic E-state index is -0.198. The molecule has 2 aromatic carbocycles. The number of carbonyl (C=O) groups is 1. The summed E-state index contributed by atoms with van der Waals surface area (Å²) in [6.45, 7) is 0. The molecule has 0 aliphatic carbocycles. The van der Waals surface area contributed by atoms with Gasteiger partial charge in [0.15, 0.2) is 11.0 Å². The number of carbonyl (C=O) groups excluding carboxylic acids is 1. The van der Waals surface area contributed by atoms with Crippen molar-refractivity contribution in [3.05, 3.63) is 52.5 Å². The van der Waals surface area contributed by atoms with Gasteiger partial charge in [0.05, 0.1) is 16.5 Å². The van der Waals surface area contributed by atoms with Crippen LogP contribution in [0.4, 0.5) is 11.4 Å². The van der Waals surface area contributed by atoms with Crippen LogP contribution in [0.3, 0.4) is 0 Å². The molecule has 0 aliphatic rings. The number of anilines is 2. The van der Waals surface area contributed by atoms with Crippen molar-refractivity contribution in [3.63, 3.8) is 0 Å². The summed E-state index contributed by atoms with van der Waals surface area (Å²) < 4.78 is 1.83. The van der Waals surface area contributed by atoms with Gasteiger partial charge in [0.1, 0.15) is 0 Å². The third kappa shape index (κ3) is 4.30. The third-order valence-electron chi connectivity index (χ3n) is 3.54. The molecule has 26 heavy (non-hydrogen) atoms. The van der Waals surface area contributed by atoms with Gasteiger partial charge in [-0.2, -0.15) is 0 Å². The van der Waals surface area contributed by atoms with Crippen LogP contribution in [0.25, 0.3) is 11.4 Å². The molecule has 9 heteroatoms. The van der Waals surface area contributed by atoms with Crippen LogP contribution < -0.4 is 11.1 Å². The fraction of sp³-hybridized carbons (Fsp3) is 0.118. The van der Waals surface area contributed by atoms with Crippen LogP contribution in [0.5, 0.6) is 0 Å². The van der Waals surface area contributed by atoms with Gasteiger partial charge in [-0.3, -0.25) is 4.79 Å². The van der Waals surface area contributed by atoms with E-state index in [0.29, 0.717) is 32.4 Å². The highest BCUT2D eigenvalue weighted by Gasteiger charge is 2.13. The van der Waals surface area contributed by atoms with Gasteiger partial charge in [0.25, 0.3) is 0 Å². The quantitative estimate of drug-likeness (QED) is 0.490. The molecule has 3 aromatic rings. The molecule has 0 radical (unpaired) electrons. The van der Waals surface area contributed by atoms with Gasteiger partial charge in [0.2, 0.25) is 5.91 Å². The summed E-state index contributed by atoms with van der Waals surface area (Å²) in [4.78, 5) is 12.2. The molecule has 0 fully saturated rings. The molecule has 6 nitrogen and oxygen atoms in total. The zero-order valence-electron chi connectivity index (χ0n) is 13.7. The lowest BCUT2D eigenvalue weighted by Crippen LogP contribution is -2.14. The second kappa shape index (κ2) is 7.99. The maximum absolute atomic E-state index is 12.2. The molecule has 1 aromatic heterocycles. The van der Waals surface area contributed by atoms with Gasteiger partial charge in [0, 0.05) is 23.3 Å². The van der Waals surface area contributed by atoms with Crippen molar-refractivity contribution in [1.82, 2.24) is 14.8 Å². The van der Waals surface area contributed by atoms with Crippen LogP contribution in [0.2, 0.25) is 10.0 Å². The number of nitrogen functional groups attached to an aromatic ring is 1. The highest BCUT2D eigenvalue weighted by atomic mass is 35.5. The largest absolute Gasteiger partial charge is 0.399 e. The number of benzene rings is 2. The number of amides is 1. The second-order valence-electron chi connectivity index (χ2n) is 5.45. The first-order chi connectivity index (χ1) is 12.4. The molecule has 0 bridgehead atoms. The third-order valence-corrected chi connectivity index (χ3v) is 5.11. The van der Waals surface area contributed by atoms with E-state index < -0.39 is 0 Å². The van der Waals surface area contributed by atoms with E-state index in [1.54, 1.807) is 30.3 Å². The van der Waals surface area contributed by atoms with Crippen molar-refractivity contribution in [2.75, 3.05) is 16.8 Å². The summed E-state index contributed by atoms with van der Waals surface area (Å²) >= 11 is 13.2. The predicted octanol–water partition coefficient (Wildman–Crippen LogP) is 4.10. The minimum Gasteiger partial charge on any atom is -0.399 e.